The molecule has 0 saturated heterocycles. The van der Waals surface area contributed by atoms with E-state index in [1.54, 1.807) is 19.1 Å². The van der Waals surface area contributed by atoms with Crippen molar-refractivity contribution in [3.05, 3.63) is 69.2 Å². The van der Waals surface area contributed by atoms with Crippen molar-refractivity contribution in [3.8, 4) is 0 Å². The minimum Gasteiger partial charge on any atom is -0.299 e. The number of halogens is 2. The average molecular weight is 307 g/mol. The van der Waals surface area contributed by atoms with Crippen molar-refractivity contribution >= 4 is 29.0 Å². The number of hydrogen-bond donors (Lipinski definition) is 0. The van der Waals surface area contributed by atoms with E-state index in [0.29, 0.717) is 16.5 Å². The minimum atomic E-state index is -0.172. The summed E-state index contributed by atoms with van der Waals surface area (Å²) in [5.41, 5.74) is 3.14. The van der Waals surface area contributed by atoms with E-state index in [1.165, 1.54) is 5.56 Å². The Morgan fingerprint density at radius 1 is 1.10 bits per heavy atom. The molecule has 0 aromatic heterocycles. The fourth-order valence-corrected chi connectivity index (χ4v) is 2.69. The summed E-state index contributed by atoms with van der Waals surface area (Å²) in [4.78, 5) is 11.9. The van der Waals surface area contributed by atoms with Gasteiger partial charge in [0.2, 0.25) is 0 Å². The Kier molecular flexibility index (Phi) is 4.85. The van der Waals surface area contributed by atoms with Crippen LogP contribution in [0.5, 0.6) is 0 Å². The van der Waals surface area contributed by atoms with E-state index in [2.05, 4.69) is 0 Å². The zero-order chi connectivity index (χ0) is 14.7. The lowest BCUT2D eigenvalue weighted by molar-refractivity contribution is -0.118. The second-order valence-corrected chi connectivity index (χ2v) is 5.86. The number of hydrogen-bond acceptors (Lipinski definition) is 1. The number of aryl methyl sites for hydroxylation is 1. The second kappa shape index (κ2) is 6.43. The standard InChI is InChI=1S/C17H16Cl2O/c1-11-3-5-13(6-4-11)16(12(2)20)9-14-7-8-15(18)10-17(14)19/h3-8,10,16H,9H2,1-2H3. The van der Waals surface area contributed by atoms with E-state index < -0.39 is 0 Å². The van der Waals surface area contributed by atoms with Crippen molar-refractivity contribution in [2.75, 3.05) is 0 Å². The Hall–Kier alpha value is -1.31. The van der Waals surface area contributed by atoms with Crippen molar-refractivity contribution in [1.29, 1.82) is 0 Å². The molecule has 1 atom stereocenters. The summed E-state index contributed by atoms with van der Waals surface area (Å²) >= 11 is 12.1. The minimum absolute atomic E-state index is 0.139. The molecule has 0 aliphatic heterocycles. The molecule has 20 heavy (non-hydrogen) atoms. The van der Waals surface area contributed by atoms with Crippen molar-refractivity contribution in [3.63, 3.8) is 0 Å². The Labute approximate surface area is 129 Å². The normalized spacial score (nSPS) is 12.2. The molecule has 0 aliphatic carbocycles. The van der Waals surface area contributed by atoms with E-state index in [0.717, 1.165) is 11.1 Å². The summed E-state index contributed by atoms with van der Waals surface area (Å²) in [5.74, 6) is -0.0332. The van der Waals surface area contributed by atoms with Crippen LogP contribution in [0.25, 0.3) is 0 Å². The van der Waals surface area contributed by atoms with Crippen LogP contribution in [0.1, 0.15) is 29.5 Å². The second-order valence-electron chi connectivity index (χ2n) is 5.01. The molecule has 0 amide bonds. The molecule has 0 radical (unpaired) electrons. The number of carbonyl (C=O) groups is 1. The highest BCUT2D eigenvalue weighted by Crippen LogP contribution is 2.28. The van der Waals surface area contributed by atoms with Crippen LogP contribution in [0.2, 0.25) is 10.0 Å². The van der Waals surface area contributed by atoms with E-state index in [4.69, 9.17) is 23.2 Å². The van der Waals surface area contributed by atoms with Crippen molar-refractivity contribution < 1.29 is 4.79 Å². The Morgan fingerprint density at radius 2 is 1.75 bits per heavy atom. The first kappa shape index (κ1) is 15.1. The third kappa shape index (κ3) is 3.62. The van der Waals surface area contributed by atoms with Gasteiger partial charge in [0, 0.05) is 16.0 Å². The van der Waals surface area contributed by atoms with Crippen LogP contribution >= 0.6 is 23.2 Å². The highest BCUT2D eigenvalue weighted by Gasteiger charge is 2.18. The smallest absolute Gasteiger partial charge is 0.137 e. The molecule has 0 heterocycles. The maximum absolute atomic E-state index is 11.9. The van der Waals surface area contributed by atoms with Crippen LogP contribution in [0.3, 0.4) is 0 Å². The quantitative estimate of drug-likeness (QED) is 0.757. The summed E-state index contributed by atoms with van der Waals surface area (Å²) in [5, 5.41) is 1.21. The molecule has 1 nitrogen and oxygen atoms in total. The van der Waals surface area contributed by atoms with Crippen molar-refractivity contribution in [2.24, 2.45) is 0 Å². The average Bonchev–Trinajstić information content (AvgIpc) is 2.39. The molecule has 1 unspecified atom stereocenters. The third-order valence-electron chi connectivity index (χ3n) is 3.41. The molecule has 104 valence electrons. The molecule has 0 bridgehead atoms. The molecule has 2 rings (SSSR count). The van der Waals surface area contributed by atoms with E-state index in [-0.39, 0.29) is 11.7 Å². The van der Waals surface area contributed by atoms with Gasteiger partial charge in [0.15, 0.2) is 0 Å². The zero-order valence-electron chi connectivity index (χ0n) is 11.5. The molecule has 3 heteroatoms. The Morgan fingerprint density at radius 3 is 2.30 bits per heavy atom. The number of benzene rings is 2. The van der Waals surface area contributed by atoms with Gasteiger partial charge in [0.1, 0.15) is 5.78 Å². The highest BCUT2D eigenvalue weighted by atomic mass is 35.5. The lowest BCUT2D eigenvalue weighted by Crippen LogP contribution is -2.12. The summed E-state index contributed by atoms with van der Waals surface area (Å²) < 4.78 is 0. The highest BCUT2D eigenvalue weighted by molar-refractivity contribution is 6.35. The SMILES string of the molecule is CC(=O)C(Cc1ccc(Cl)cc1Cl)c1ccc(C)cc1. The number of carbonyl (C=O) groups excluding carboxylic acids is 1. The van der Waals surface area contributed by atoms with E-state index >= 15 is 0 Å². The van der Waals surface area contributed by atoms with Crippen LogP contribution in [0, 0.1) is 6.92 Å². The van der Waals surface area contributed by atoms with Crippen LogP contribution in [-0.4, -0.2) is 5.78 Å². The van der Waals surface area contributed by atoms with Crippen LogP contribution in [0.4, 0.5) is 0 Å². The zero-order valence-corrected chi connectivity index (χ0v) is 13.0. The van der Waals surface area contributed by atoms with Gasteiger partial charge in [-0.15, -0.1) is 0 Å². The topological polar surface area (TPSA) is 17.1 Å². The summed E-state index contributed by atoms with van der Waals surface area (Å²) in [6, 6.07) is 13.5. The van der Waals surface area contributed by atoms with Gasteiger partial charge >= 0.3 is 0 Å². The Balaban J connectivity index is 2.30. The van der Waals surface area contributed by atoms with Gasteiger partial charge in [-0.25, -0.2) is 0 Å². The summed E-state index contributed by atoms with van der Waals surface area (Å²) in [6.45, 7) is 3.65. The molecular weight excluding hydrogens is 291 g/mol. The molecule has 0 saturated carbocycles. The number of Topliss-reactive ketones (excluding diaryl/α,β-unsaturated/α-hetero) is 1. The van der Waals surface area contributed by atoms with Crippen LogP contribution in [-0.2, 0) is 11.2 Å². The molecular formula is C17H16Cl2O. The lowest BCUT2D eigenvalue weighted by atomic mass is 9.88. The van der Waals surface area contributed by atoms with E-state index in [1.807, 2.05) is 37.3 Å². The molecule has 0 spiro atoms. The maximum atomic E-state index is 11.9. The predicted molar refractivity (Wildman–Crippen MR) is 84.8 cm³/mol. The van der Waals surface area contributed by atoms with Crippen molar-refractivity contribution in [1.82, 2.24) is 0 Å². The lowest BCUT2D eigenvalue weighted by Gasteiger charge is -2.15. The molecule has 2 aromatic rings. The van der Waals surface area contributed by atoms with Gasteiger partial charge in [-0.1, -0.05) is 59.1 Å². The fourth-order valence-electron chi connectivity index (χ4n) is 2.20. The van der Waals surface area contributed by atoms with Gasteiger partial charge in [0.05, 0.1) is 0 Å². The van der Waals surface area contributed by atoms with Crippen molar-refractivity contribution in [2.45, 2.75) is 26.2 Å². The molecule has 2 aromatic carbocycles. The molecule has 0 N–H and O–H groups in total. The summed E-state index contributed by atoms with van der Waals surface area (Å²) in [7, 11) is 0. The van der Waals surface area contributed by atoms with E-state index in [9.17, 15) is 4.79 Å². The third-order valence-corrected chi connectivity index (χ3v) is 4.00. The van der Waals surface area contributed by atoms with Gasteiger partial charge in [-0.05, 0) is 43.5 Å². The first-order valence-electron chi connectivity index (χ1n) is 6.48. The maximum Gasteiger partial charge on any atom is 0.137 e. The number of rotatable bonds is 4. The van der Waals surface area contributed by atoms with Crippen LogP contribution in [0.15, 0.2) is 42.5 Å². The van der Waals surface area contributed by atoms with Gasteiger partial charge in [-0.3, -0.25) is 4.79 Å². The van der Waals surface area contributed by atoms with Crippen LogP contribution < -0.4 is 0 Å². The molecule has 0 fully saturated rings. The fraction of sp³-hybridized carbons (Fsp3) is 0.235. The largest absolute Gasteiger partial charge is 0.299 e. The van der Waals surface area contributed by atoms with Gasteiger partial charge in [0.25, 0.3) is 0 Å². The monoisotopic (exact) mass is 306 g/mol. The molecule has 0 aliphatic rings. The first-order valence-corrected chi connectivity index (χ1v) is 7.24. The first-order chi connectivity index (χ1) is 9.47. The summed E-state index contributed by atoms with van der Waals surface area (Å²) in [6.07, 6.45) is 0.592. The Bertz CT molecular complexity index is 617. The van der Waals surface area contributed by atoms with Gasteiger partial charge in [-0.2, -0.15) is 0 Å². The number of ketones is 1. The van der Waals surface area contributed by atoms with Gasteiger partial charge < -0.3 is 0 Å². The predicted octanol–water partition coefficient (Wildman–Crippen LogP) is 5.22.